The van der Waals surface area contributed by atoms with E-state index < -0.39 is 30.2 Å². The number of likely N-dealkylation sites (N-methyl/N-ethyl adjacent to an activating group) is 1. The highest BCUT2D eigenvalue weighted by atomic mass is 19.1. The number of aliphatic carboxylic acids is 1. The molecule has 2 aromatic rings. The van der Waals surface area contributed by atoms with Crippen LogP contribution < -0.4 is 9.64 Å². The third kappa shape index (κ3) is 4.54. The fraction of sp³-hybridized carbons (Fsp3) is 0.176. The molecule has 0 spiro atoms. The van der Waals surface area contributed by atoms with Crippen LogP contribution in [0.4, 0.5) is 10.1 Å². The number of carbonyl (C=O) groups excluding carboxylic acids is 1. The van der Waals surface area contributed by atoms with Gasteiger partial charge >= 0.3 is 11.9 Å². The number of halogens is 1. The summed E-state index contributed by atoms with van der Waals surface area (Å²) in [7, 11) is 1.61. The summed E-state index contributed by atoms with van der Waals surface area (Å²) in [5.74, 6) is -2.40. The predicted molar refractivity (Wildman–Crippen MR) is 82.9 cm³/mol. The summed E-state index contributed by atoms with van der Waals surface area (Å²) in [6, 6.07) is 13.0. The number of benzene rings is 2. The van der Waals surface area contributed by atoms with Gasteiger partial charge in [0, 0.05) is 18.8 Å². The molecule has 0 saturated carbocycles. The van der Waals surface area contributed by atoms with Gasteiger partial charge in [-0.25, -0.2) is 9.18 Å². The van der Waals surface area contributed by atoms with Gasteiger partial charge < -0.3 is 14.7 Å². The SMILES string of the molecule is CN(c1ccccc1)C(CC(=O)O)C(=O)Oc1cccc(F)c1. The maximum absolute atomic E-state index is 13.2. The lowest BCUT2D eigenvalue weighted by atomic mass is 10.1. The molecule has 0 aliphatic carbocycles. The van der Waals surface area contributed by atoms with Crippen LogP contribution >= 0.6 is 0 Å². The molecule has 2 aromatic carbocycles. The first kappa shape index (κ1) is 16.5. The number of hydrogen-bond acceptors (Lipinski definition) is 4. The van der Waals surface area contributed by atoms with E-state index in [0.717, 1.165) is 6.07 Å². The monoisotopic (exact) mass is 317 g/mol. The van der Waals surface area contributed by atoms with Gasteiger partial charge in [0.05, 0.1) is 6.42 Å². The van der Waals surface area contributed by atoms with E-state index in [4.69, 9.17) is 9.84 Å². The van der Waals surface area contributed by atoms with E-state index in [1.54, 1.807) is 31.3 Å². The summed E-state index contributed by atoms with van der Waals surface area (Å²) in [4.78, 5) is 24.9. The van der Waals surface area contributed by atoms with Crippen molar-refractivity contribution >= 4 is 17.6 Å². The Labute approximate surface area is 132 Å². The highest BCUT2D eigenvalue weighted by Crippen LogP contribution is 2.19. The first-order chi connectivity index (χ1) is 11.0. The van der Waals surface area contributed by atoms with Gasteiger partial charge in [-0.2, -0.15) is 0 Å². The number of esters is 1. The quantitative estimate of drug-likeness (QED) is 0.655. The smallest absolute Gasteiger partial charge is 0.334 e. The zero-order valence-corrected chi connectivity index (χ0v) is 12.5. The Bertz CT molecular complexity index is 690. The lowest BCUT2D eigenvalue weighted by molar-refractivity contribution is -0.143. The number of carboxylic acids is 1. The topological polar surface area (TPSA) is 66.8 Å². The Balaban J connectivity index is 2.20. The maximum atomic E-state index is 13.2. The molecular formula is C17H16FNO4. The highest BCUT2D eigenvalue weighted by Gasteiger charge is 2.28. The zero-order chi connectivity index (χ0) is 16.8. The zero-order valence-electron chi connectivity index (χ0n) is 12.5. The van der Waals surface area contributed by atoms with Crippen LogP contribution in [0.2, 0.25) is 0 Å². The van der Waals surface area contributed by atoms with Crippen LogP contribution in [0.1, 0.15) is 6.42 Å². The Morgan fingerprint density at radius 2 is 1.87 bits per heavy atom. The van der Waals surface area contributed by atoms with Crippen molar-refractivity contribution < 1.29 is 23.8 Å². The van der Waals surface area contributed by atoms with Crippen LogP contribution in [0.25, 0.3) is 0 Å². The molecule has 0 saturated heterocycles. The number of anilines is 1. The number of rotatable bonds is 6. The molecule has 2 rings (SSSR count). The molecular weight excluding hydrogens is 301 g/mol. The second-order valence-corrected chi connectivity index (χ2v) is 4.94. The van der Waals surface area contributed by atoms with Crippen LogP contribution in [0, 0.1) is 5.82 Å². The average molecular weight is 317 g/mol. The van der Waals surface area contributed by atoms with Crippen LogP contribution in [0.3, 0.4) is 0 Å². The van der Waals surface area contributed by atoms with E-state index in [1.807, 2.05) is 6.07 Å². The van der Waals surface area contributed by atoms with E-state index in [2.05, 4.69) is 0 Å². The van der Waals surface area contributed by atoms with E-state index in [0.29, 0.717) is 5.69 Å². The van der Waals surface area contributed by atoms with Gasteiger partial charge in [-0.3, -0.25) is 4.79 Å². The molecule has 0 fully saturated rings. The van der Waals surface area contributed by atoms with Crippen molar-refractivity contribution in [3.63, 3.8) is 0 Å². The summed E-state index contributed by atoms with van der Waals surface area (Å²) in [5.41, 5.74) is 0.676. The Hall–Kier alpha value is -2.89. The first-order valence-electron chi connectivity index (χ1n) is 6.94. The summed E-state index contributed by atoms with van der Waals surface area (Å²) in [5, 5.41) is 9.04. The standard InChI is InChI=1S/C17H16FNO4/c1-19(13-7-3-2-4-8-13)15(11-16(20)21)17(22)23-14-9-5-6-12(18)10-14/h2-10,15H,11H2,1H3,(H,20,21). The molecule has 1 N–H and O–H groups in total. The fourth-order valence-electron chi connectivity index (χ4n) is 2.10. The molecule has 0 bridgehead atoms. The molecule has 0 aromatic heterocycles. The van der Waals surface area contributed by atoms with Crippen molar-refractivity contribution in [2.75, 3.05) is 11.9 Å². The second-order valence-electron chi connectivity index (χ2n) is 4.94. The summed E-state index contributed by atoms with van der Waals surface area (Å²) >= 11 is 0. The minimum absolute atomic E-state index is 0.0341. The third-order valence-corrected chi connectivity index (χ3v) is 3.29. The van der Waals surface area contributed by atoms with E-state index in [9.17, 15) is 14.0 Å². The molecule has 120 valence electrons. The number of hydrogen-bond donors (Lipinski definition) is 1. The minimum Gasteiger partial charge on any atom is -0.481 e. The molecule has 6 heteroatoms. The van der Waals surface area contributed by atoms with Gasteiger partial charge in [0.15, 0.2) is 0 Å². The minimum atomic E-state index is -1.13. The van der Waals surface area contributed by atoms with Crippen molar-refractivity contribution in [3.8, 4) is 5.75 Å². The normalized spacial score (nSPS) is 11.6. The molecule has 1 unspecified atom stereocenters. The van der Waals surface area contributed by atoms with E-state index in [1.165, 1.54) is 23.1 Å². The molecule has 0 aliphatic heterocycles. The van der Waals surface area contributed by atoms with E-state index in [-0.39, 0.29) is 5.75 Å². The summed E-state index contributed by atoms with van der Waals surface area (Å²) in [6.45, 7) is 0. The van der Waals surface area contributed by atoms with Gasteiger partial charge in [0.1, 0.15) is 17.6 Å². The molecule has 23 heavy (non-hydrogen) atoms. The van der Waals surface area contributed by atoms with Crippen molar-refractivity contribution in [2.24, 2.45) is 0 Å². The van der Waals surface area contributed by atoms with Gasteiger partial charge in [0.25, 0.3) is 0 Å². The third-order valence-electron chi connectivity index (χ3n) is 3.29. The Morgan fingerprint density at radius 3 is 2.48 bits per heavy atom. The summed E-state index contributed by atoms with van der Waals surface area (Å²) in [6.07, 6.45) is -0.431. The Morgan fingerprint density at radius 1 is 1.17 bits per heavy atom. The second kappa shape index (κ2) is 7.40. The van der Waals surface area contributed by atoms with Crippen LogP contribution in [-0.4, -0.2) is 30.1 Å². The molecule has 1 atom stereocenters. The van der Waals surface area contributed by atoms with Gasteiger partial charge in [-0.15, -0.1) is 0 Å². The van der Waals surface area contributed by atoms with Gasteiger partial charge in [-0.05, 0) is 24.3 Å². The van der Waals surface area contributed by atoms with Crippen molar-refractivity contribution in [3.05, 3.63) is 60.4 Å². The van der Waals surface area contributed by atoms with E-state index >= 15 is 0 Å². The van der Waals surface area contributed by atoms with Crippen LogP contribution in [-0.2, 0) is 9.59 Å². The number of para-hydroxylation sites is 1. The van der Waals surface area contributed by atoms with Gasteiger partial charge in [0.2, 0.25) is 0 Å². The summed E-state index contributed by atoms with van der Waals surface area (Å²) < 4.78 is 18.3. The van der Waals surface area contributed by atoms with Crippen molar-refractivity contribution in [1.29, 1.82) is 0 Å². The predicted octanol–water partition coefficient (Wildman–Crippen LogP) is 2.71. The lowest BCUT2D eigenvalue weighted by Gasteiger charge is -2.27. The molecule has 0 radical (unpaired) electrons. The Kier molecular flexibility index (Phi) is 5.30. The maximum Gasteiger partial charge on any atom is 0.334 e. The number of carbonyl (C=O) groups is 2. The fourth-order valence-corrected chi connectivity index (χ4v) is 2.10. The molecule has 0 amide bonds. The van der Waals surface area contributed by atoms with Crippen LogP contribution in [0.15, 0.2) is 54.6 Å². The van der Waals surface area contributed by atoms with Crippen LogP contribution in [0.5, 0.6) is 5.75 Å². The van der Waals surface area contributed by atoms with Gasteiger partial charge in [-0.1, -0.05) is 24.3 Å². The molecule has 0 heterocycles. The number of ether oxygens (including phenoxy) is 1. The number of carboxylic acid groups (broad SMARTS) is 1. The largest absolute Gasteiger partial charge is 0.481 e. The number of nitrogens with zero attached hydrogens (tertiary/aromatic N) is 1. The average Bonchev–Trinajstić information content (AvgIpc) is 2.52. The van der Waals surface area contributed by atoms with Crippen molar-refractivity contribution in [2.45, 2.75) is 12.5 Å². The van der Waals surface area contributed by atoms with Crippen molar-refractivity contribution in [1.82, 2.24) is 0 Å². The highest BCUT2D eigenvalue weighted by molar-refractivity contribution is 5.86. The first-order valence-corrected chi connectivity index (χ1v) is 6.94. The lowest BCUT2D eigenvalue weighted by Crippen LogP contribution is -2.42. The molecule has 5 nitrogen and oxygen atoms in total. The molecule has 0 aliphatic rings.